The molecule has 1 aliphatic carbocycles. The number of aryl methyl sites for hydroxylation is 2. The Bertz CT molecular complexity index is 813. The van der Waals surface area contributed by atoms with Crippen molar-refractivity contribution in [2.75, 3.05) is 32.1 Å². The number of rotatable bonds is 4. The van der Waals surface area contributed by atoms with Crippen molar-refractivity contribution < 1.29 is 9.53 Å². The summed E-state index contributed by atoms with van der Waals surface area (Å²) in [6.07, 6.45) is 4.78. The summed E-state index contributed by atoms with van der Waals surface area (Å²) in [5.74, 6) is 1.79. The molecular formula is C19H25N3O2S2. The Kier molecular flexibility index (Phi) is 5.47. The number of morpholine rings is 1. The zero-order valence-corrected chi connectivity index (χ0v) is 17.0. The molecule has 1 saturated heterocycles. The third-order valence-corrected chi connectivity index (χ3v) is 7.16. The summed E-state index contributed by atoms with van der Waals surface area (Å²) in [7, 11) is 0. The number of hydrogen-bond donors (Lipinski definition) is 0. The van der Waals surface area contributed by atoms with Gasteiger partial charge in [0.2, 0.25) is 5.91 Å². The van der Waals surface area contributed by atoms with E-state index in [-0.39, 0.29) is 11.8 Å². The Hall–Kier alpha value is -1.18. The predicted octanol–water partition coefficient (Wildman–Crippen LogP) is 3.64. The Morgan fingerprint density at radius 3 is 2.77 bits per heavy atom. The number of carbonyl (C=O) groups is 1. The largest absolute Gasteiger partial charge is 0.378 e. The number of fused-ring (bicyclic) bond motifs is 3. The molecule has 5 nitrogen and oxygen atoms in total. The maximum Gasteiger partial charge on any atom is 0.233 e. The molecule has 3 heterocycles. The molecule has 2 aromatic rings. The molecule has 7 heteroatoms. The van der Waals surface area contributed by atoms with Gasteiger partial charge in [-0.3, -0.25) is 4.79 Å². The molecule has 2 aromatic heterocycles. The molecule has 0 radical (unpaired) electrons. The fourth-order valence-corrected chi connectivity index (χ4v) is 5.83. The number of nitrogens with zero attached hydrogens (tertiary/aromatic N) is 3. The van der Waals surface area contributed by atoms with E-state index in [0.717, 1.165) is 28.5 Å². The molecule has 0 aromatic carbocycles. The van der Waals surface area contributed by atoms with E-state index >= 15 is 0 Å². The van der Waals surface area contributed by atoms with Crippen LogP contribution >= 0.6 is 23.1 Å². The second-order valence-corrected chi connectivity index (χ2v) is 9.26. The van der Waals surface area contributed by atoms with Crippen molar-refractivity contribution in [3.05, 3.63) is 16.3 Å². The summed E-state index contributed by atoms with van der Waals surface area (Å²) in [4.78, 5) is 26.7. The lowest BCUT2D eigenvalue weighted by atomic mass is 9.97. The van der Waals surface area contributed by atoms with Crippen LogP contribution in [0, 0.1) is 0 Å². The van der Waals surface area contributed by atoms with Crippen molar-refractivity contribution in [1.82, 2.24) is 14.9 Å². The number of ether oxygens (including phenoxy) is 1. The Balaban J connectivity index is 1.63. The van der Waals surface area contributed by atoms with Gasteiger partial charge in [-0.2, -0.15) is 0 Å². The van der Waals surface area contributed by atoms with Gasteiger partial charge in [0.1, 0.15) is 15.7 Å². The normalized spacial score (nSPS) is 17.7. The van der Waals surface area contributed by atoms with Gasteiger partial charge in [-0.05, 0) is 31.2 Å². The van der Waals surface area contributed by atoms with Crippen LogP contribution in [0.15, 0.2) is 5.03 Å². The zero-order valence-electron chi connectivity index (χ0n) is 15.4. The van der Waals surface area contributed by atoms with Crippen LogP contribution in [0.5, 0.6) is 0 Å². The standard InChI is InChI=1S/C19H25N3O2S2/c1-12(2)17-20-18(25-11-15(23)22-7-9-24-10-8-22)16-13-5-3-4-6-14(13)26-19(16)21-17/h12H,3-11H2,1-2H3. The van der Waals surface area contributed by atoms with Crippen molar-refractivity contribution >= 4 is 39.2 Å². The third kappa shape index (κ3) is 3.62. The van der Waals surface area contributed by atoms with Crippen molar-refractivity contribution in [1.29, 1.82) is 0 Å². The first-order valence-electron chi connectivity index (χ1n) is 9.44. The van der Waals surface area contributed by atoms with Gasteiger partial charge in [0, 0.05) is 29.3 Å². The highest BCUT2D eigenvalue weighted by Gasteiger charge is 2.23. The van der Waals surface area contributed by atoms with Crippen LogP contribution in [-0.2, 0) is 22.4 Å². The third-order valence-electron chi connectivity index (χ3n) is 5.01. The van der Waals surface area contributed by atoms with Crippen LogP contribution in [0.1, 0.15) is 48.9 Å². The van der Waals surface area contributed by atoms with Gasteiger partial charge in [-0.25, -0.2) is 9.97 Å². The molecule has 2 aliphatic rings. The van der Waals surface area contributed by atoms with E-state index in [1.165, 1.54) is 28.7 Å². The Labute approximate surface area is 162 Å². The SMILES string of the molecule is CC(C)c1nc(SCC(=O)N2CCOCC2)c2c3c(sc2n1)CCCC3. The minimum absolute atomic E-state index is 0.181. The number of amides is 1. The smallest absolute Gasteiger partial charge is 0.233 e. The molecular weight excluding hydrogens is 366 g/mol. The van der Waals surface area contributed by atoms with Gasteiger partial charge < -0.3 is 9.64 Å². The number of carbonyl (C=O) groups excluding carboxylic acids is 1. The van der Waals surface area contributed by atoms with E-state index in [1.54, 1.807) is 11.8 Å². The molecule has 0 unspecified atom stereocenters. The zero-order chi connectivity index (χ0) is 18.1. The molecule has 0 spiro atoms. The van der Waals surface area contributed by atoms with E-state index < -0.39 is 0 Å². The molecule has 1 fully saturated rings. The van der Waals surface area contributed by atoms with E-state index in [4.69, 9.17) is 14.7 Å². The summed E-state index contributed by atoms with van der Waals surface area (Å²) in [5, 5.41) is 2.22. The van der Waals surface area contributed by atoms with Crippen LogP contribution in [0.4, 0.5) is 0 Å². The first kappa shape index (κ1) is 18.2. The number of aromatic nitrogens is 2. The summed E-state index contributed by atoms with van der Waals surface area (Å²) < 4.78 is 5.34. The molecule has 1 amide bonds. The van der Waals surface area contributed by atoms with Crippen molar-refractivity contribution in [3.8, 4) is 0 Å². The highest BCUT2D eigenvalue weighted by Crippen LogP contribution is 2.40. The van der Waals surface area contributed by atoms with Gasteiger partial charge in [0.05, 0.1) is 19.0 Å². The second kappa shape index (κ2) is 7.82. The topological polar surface area (TPSA) is 55.3 Å². The summed E-state index contributed by atoms with van der Waals surface area (Å²) in [5.41, 5.74) is 1.44. The fourth-order valence-electron chi connectivity index (χ4n) is 3.54. The van der Waals surface area contributed by atoms with E-state index in [1.807, 2.05) is 16.2 Å². The predicted molar refractivity (Wildman–Crippen MR) is 106 cm³/mol. The molecule has 140 valence electrons. The van der Waals surface area contributed by atoms with E-state index in [0.29, 0.717) is 32.1 Å². The Morgan fingerprint density at radius 2 is 2.00 bits per heavy atom. The van der Waals surface area contributed by atoms with Crippen LogP contribution in [0.25, 0.3) is 10.2 Å². The highest BCUT2D eigenvalue weighted by molar-refractivity contribution is 8.00. The molecule has 4 rings (SSSR count). The van der Waals surface area contributed by atoms with Crippen LogP contribution in [0.3, 0.4) is 0 Å². The minimum Gasteiger partial charge on any atom is -0.378 e. The average molecular weight is 392 g/mol. The fraction of sp³-hybridized carbons (Fsp3) is 0.632. The number of thioether (sulfide) groups is 1. The van der Waals surface area contributed by atoms with Crippen molar-refractivity contribution in [3.63, 3.8) is 0 Å². The van der Waals surface area contributed by atoms with Crippen LogP contribution < -0.4 is 0 Å². The lowest BCUT2D eigenvalue weighted by molar-refractivity contribution is -0.132. The first-order chi connectivity index (χ1) is 12.6. The van der Waals surface area contributed by atoms with E-state index in [9.17, 15) is 4.79 Å². The maximum atomic E-state index is 12.6. The molecule has 0 saturated carbocycles. The minimum atomic E-state index is 0.181. The van der Waals surface area contributed by atoms with Crippen molar-refractivity contribution in [2.24, 2.45) is 0 Å². The van der Waals surface area contributed by atoms with Gasteiger partial charge in [-0.1, -0.05) is 25.6 Å². The van der Waals surface area contributed by atoms with Gasteiger partial charge in [0.25, 0.3) is 0 Å². The molecule has 1 aliphatic heterocycles. The maximum absolute atomic E-state index is 12.6. The molecule has 0 atom stereocenters. The Morgan fingerprint density at radius 1 is 1.23 bits per heavy atom. The lowest BCUT2D eigenvalue weighted by Gasteiger charge is -2.26. The monoisotopic (exact) mass is 391 g/mol. The van der Waals surface area contributed by atoms with Gasteiger partial charge >= 0.3 is 0 Å². The molecule has 0 N–H and O–H groups in total. The van der Waals surface area contributed by atoms with E-state index in [2.05, 4.69) is 13.8 Å². The quantitative estimate of drug-likeness (QED) is 0.588. The summed E-state index contributed by atoms with van der Waals surface area (Å²) in [6, 6.07) is 0. The molecule has 26 heavy (non-hydrogen) atoms. The highest BCUT2D eigenvalue weighted by atomic mass is 32.2. The second-order valence-electron chi connectivity index (χ2n) is 7.21. The summed E-state index contributed by atoms with van der Waals surface area (Å²) in [6.45, 7) is 6.94. The van der Waals surface area contributed by atoms with Gasteiger partial charge in [0.15, 0.2) is 0 Å². The first-order valence-corrected chi connectivity index (χ1v) is 11.2. The number of thiophene rings is 1. The average Bonchev–Trinajstić information content (AvgIpc) is 3.05. The van der Waals surface area contributed by atoms with Crippen LogP contribution in [0.2, 0.25) is 0 Å². The summed E-state index contributed by atoms with van der Waals surface area (Å²) >= 11 is 3.42. The van der Waals surface area contributed by atoms with Crippen molar-refractivity contribution in [2.45, 2.75) is 50.5 Å². The van der Waals surface area contributed by atoms with Gasteiger partial charge in [-0.15, -0.1) is 11.3 Å². The number of hydrogen-bond acceptors (Lipinski definition) is 6. The molecule has 0 bridgehead atoms. The lowest BCUT2D eigenvalue weighted by Crippen LogP contribution is -2.41. The van der Waals surface area contributed by atoms with Crippen LogP contribution in [-0.4, -0.2) is 52.8 Å².